The minimum atomic E-state index is 0.967. The van der Waals surface area contributed by atoms with Crippen LogP contribution in [-0.4, -0.2) is 0 Å². The third-order valence-corrected chi connectivity index (χ3v) is 3.35. The van der Waals surface area contributed by atoms with Crippen molar-refractivity contribution in [1.29, 1.82) is 0 Å². The van der Waals surface area contributed by atoms with Crippen LogP contribution in [-0.2, 0) is 6.42 Å². The fraction of sp³-hybridized carbons (Fsp3) is 0.176. The summed E-state index contributed by atoms with van der Waals surface area (Å²) in [5.74, 6) is 3.22. The van der Waals surface area contributed by atoms with Crippen LogP contribution < -0.4 is 0 Å². The summed E-state index contributed by atoms with van der Waals surface area (Å²) in [7, 11) is 0. The molecule has 0 radical (unpaired) electrons. The number of hydrogen-bond donors (Lipinski definition) is 0. The summed E-state index contributed by atoms with van der Waals surface area (Å²) in [6, 6.07) is 20.9. The van der Waals surface area contributed by atoms with Gasteiger partial charge in [-0.15, -0.1) is 0 Å². The Hall–Kier alpha value is -1.65. The van der Waals surface area contributed by atoms with Gasteiger partial charge in [-0.25, -0.2) is 0 Å². The first kappa shape index (κ1) is 12.8. The molecule has 0 unspecified atom stereocenters. The summed E-state index contributed by atoms with van der Waals surface area (Å²) in [6.07, 6.45) is 3.21. The van der Waals surface area contributed by atoms with Crippen LogP contribution in [0.15, 0.2) is 65.6 Å². The van der Waals surface area contributed by atoms with Crippen LogP contribution in [0.5, 0.6) is 0 Å². The highest BCUT2D eigenvalue weighted by molar-refractivity contribution is 8.03. The Morgan fingerprint density at radius 3 is 2.22 bits per heavy atom. The summed E-state index contributed by atoms with van der Waals surface area (Å²) in [5, 5.41) is 3.15. The van der Waals surface area contributed by atoms with Gasteiger partial charge < -0.3 is 0 Å². The zero-order valence-corrected chi connectivity index (χ0v) is 11.1. The fourth-order valence-electron chi connectivity index (χ4n) is 1.66. The monoisotopic (exact) mass is 252 g/mol. The van der Waals surface area contributed by atoms with Gasteiger partial charge in [0.05, 0.1) is 0 Å². The standard InChI is InChI=1S/C17H16S/c1-4-10-16(11-5-1)12-6-3-9-15-18-17-13-7-2-8-14-17/h1-2,4-5,7-8,10-11,13-14H,3,6,12H2. The second-order valence-corrected chi connectivity index (χ2v) is 4.91. The van der Waals surface area contributed by atoms with E-state index in [1.54, 1.807) is 11.8 Å². The van der Waals surface area contributed by atoms with Gasteiger partial charge in [0.1, 0.15) is 0 Å². The molecule has 0 N–H and O–H groups in total. The van der Waals surface area contributed by atoms with Crippen LogP contribution in [0.2, 0.25) is 0 Å². The van der Waals surface area contributed by atoms with Crippen LogP contribution >= 0.6 is 11.8 Å². The van der Waals surface area contributed by atoms with E-state index in [9.17, 15) is 0 Å². The van der Waals surface area contributed by atoms with Crippen LogP contribution in [0, 0.1) is 11.2 Å². The number of hydrogen-bond acceptors (Lipinski definition) is 1. The van der Waals surface area contributed by atoms with E-state index in [4.69, 9.17) is 0 Å². The van der Waals surface area contributed by atoms with Gasteiger partial charge in [-0.3, -0.25) is 0 Å². The number of rotatable bonds is 4. The molecule has 0 fully saturated rings. The lowest BCUT2D eigenvalue weighted by Crippen LogP contribution is -1.82. The number of aryl methyl sites for hydroxylation is 1. The van der Waals surface area contributed by atoms with Gasteiger partial charge in [-0.05, 0) is 47.6 Å². The molecule has 90 valence electrons. The molecule has 0 spiro atoms. The number of unbranched alkanes of at least 4 members (excludes halogenated alkanes) is 1. The minimum absolute atomic E-state index is 0.967. The minimum Gasteiger partial charge on any atom is -0.0909 e. The summed E-state index contributed by atoms with van der Waals surface area (Å²) < 4.78 is 0. The molecule has 0 nitrogen and oxygen atoms in total. The first-order valence-electron chi connectivity index (χ1n) is 6.19. The molecule has 0 atom stereocenters. The second-order valence-electron chi connectivity index (χ2n) is 4.03. The Balaban J connectivity index is 1.67. The largest absolute Gasteiger partial charge is 0.0909 e. The molecule has 2 aromatic carbocycles. The Labute approximate surface area is 113 Å². The lowest BCUT2D eigenvalue weighted by molar-refractivity contribution is 0.858. The Bertz CT molecular complexity index is 506. The third-order valence-electron chi connectivity index (χ3n) is 2.59. The van der Waals surface area contributed by atoms with E-state index < -0.39 is 0 Å². The van der Waals surface area contributed by atoms with E-state index >= 15 is 0 Å². The van der Waals surface area contributed by atoms with E-state index in [-0.39, 0.29) is 0 Å². The van der Waals surface area contributed by atoms with E-state index in [0.717, 1.165) is 19.3 Å². The maximum Gasteiger partial charge on any atom is 0.0203 e. The van der Waals surface area contributed by atoms with E-state index in [1.807, 2.05) is 18.2 Å². The molecule has 0 aliphatic heterocycles. The predicted octanol–water partition coefficient (Wildman–Crippen LogP) is 4.76. The molecule has 18 heavy (non-hydrogen) atoms. The van der Waals surface area contributed by atoms with Crippen molar-refractivity contribution in [2.24, 2.45) is 0 Å². The molecular weight excluding hydrogens is 236 g/mol. The maximum atomic E-state index is 3.22. The molecular formula is C17H16S. The van der Waals surface area contributed by atoms with Crippen LogP contribution in [0.4, 0.5) is 0 Å². The maximum absolute atomic E-state index is 3.22. The average molecular weight is 252 g/mol. The Kier molecular flexibility index (Phi) is 5.43. The molecule has 0 heterocycles. The van der Waals surface area contributed by atoms with Crippen molar-refractivity contribution in [2.45, 2.75) is 24.2 Å². The van der Waals surface area contributed by atoms with Crippen LogP contribution in [0.3, 0.4) is 0 Å². The highest BCUT2D eigenvalue weighted by Crippen LogP contribution is 2.15. The normalized spacial score (nSPS) is 9.56. The quantitative estimate of drug-likeness (QED) is 0.429. The van der Waals surface area contributed by atoms with Crippen molar-refractivity contribution in [2.75, 3.05) is 0 Å². The second kappa shape index (κ2) is 7.63. The smallest absolute Gasteiger partial charge is 0.0203 e. The molecule has 1 heteroatoms. The van der Waals surface area contributed by atoms with Crippen molar-refractivity contribution in [3.8, 4) is 11.2 Å². The zero-order chi connectivity index (χ0) is 12.5. The summed E-state index contributed by atoms with van der Waals surface area (Å²) in [5.41, 5.74) is 1.40. The topological polar surface area (TPSA) is 0 Å². The molecule has 2 aromatic rings. The lowest BCUT2D eigenvalue weighted by Gasteiger charge is -1.96. The van der Waals surface area contributed by atoms with E-state index in [2.05, 4.69) is 53.6 Å². The molecule has 2 rings (SSSR count). The van der Waals surface area contributed by atoms with Crippen molar-refractivity contribution in [3.05, 3.63) is 66.2 Å². The molecule has 0 bridgehead atoms. The van der Waals surface area contributed by atoms with Gasteiger partial charge in [0.2, 0.25) is 0 Å². The SMILES string of the molecule is C(#CSc1ccccc1)CCCc1ccccc1. The average Bonchev–Trinajstić information content (AvgIpc) is 2.45. The molecule has 0 saturated carbocycles. The number of benzene rings is 2. The Morgan fingerprint density at radius 2 is 1.50 bits per heavy atom. The van der Waals surface area contributed by atoms with Crippen molar-refractivity contribution in [1.82, 2.24) is 0 Å². The first-order valence-corrected chi connectivity index (χ1v) is 7.00. The first-order chi connectivity index (χ1) is 8.95. The predicted molar refractivity (Wildman–Crippen MR) is 79.5 cm³/mol. The zero-order valence-electron chi connectivity index (χ0n) is 10.3. The lowest BCUT2D eigenvalue weighted by atomic mass is 10.1. The van der Waals surface area contributed by atoms with Crippen molar-refractivity contribution < 1.29 is 0 Å². The third kappa shape index (κ3) is 4.69. The highest BCUT2D eigenvalue weighted by Gasteiger charge is 1.90. The summed E-state index contributed by atoms with van der Waals surface area (Å²) in [6.45, 7) is 0. The van der Waals surface area contributed by atoms with Gasteiger partial charge in [0, 0.05) is 11.3 Å². The molecule has 0 amide bonds. The van der Waals surface area contributed by atoms with Gasteiger partial charge in [0.15, 0.2) is 0 Å². The van der Waals surface area contributed by atoms with Crippen molar-refractivity contribution in [3.63, 3.8) is 0 Å². The van der Waals surface area contributed by atoms with Crippen molar-refractivity contribution >= 4 is 11.8 Å². The summed E-state index contributed by atoms with van der Waals surface area (Å²) >= 11 is 1.61. The fourth-order valence-corrected chi connectivity index (χ4v) is 2.25. The molecule has 0 aliphatic rings. The number of thioether (sulfide) groups is 1. The summed E-state index contributed by atoms with van der Waals surface area (Å²) in [4.78, 5) is 1.22. The highest BCUT2D eigenvalue weighted by atomic mass is 32.2. The van der Waals surface area contributed by atoms with E-state index in [1.165, 1.54) is 10.5 Å². The van der Waals surface area contributed by atoms with Crippen LogP contribution in [0.1, 0.15) is 18.4 Å². The van der Waals surface area contributed by atoms with Gasteiger partial charge in [-0.1, -0.05) is 54.5 Å². The van der Waals surface area contributed by atoms with E-state index in [0.29, 0.717) is 0 Å². The van der Waals surface area contributed by atoms with Gasteiger partial charge >= 0.3 is 0 Å². The molecule has 0 aliphatic carbocycles. The molecule has 0 aromatic heterocycles. The van der Waals surface area contributed by atoms with Gasteiger partial charge in [0.25, 0.3) is 0 Å². The molecule has 0 saturated heterocycles. The Morgan fingerprint density at radius 1 is 0.833 bits per heavy atom. The van der Waals surface area contributed by atoms with Gasteiger partial charge in [-0.2, -0.15) is 0 Å². The van der Waals surface area contributed by atoms with Crippen LogP contribution in [0.25, 0.3) is 0 Å².